The zero-order chi connectivity index (χ0) is 20.4. The van der Waals surface area contributed by atoms with Gasteiger partial charge in [-0.15, -0.1) is 0 Å². The Morgan fingerprint density at radius 3 is 2.52 bits per heavy atom. The Morgan fingerprint density at radius 1 is 1.00 bits per heavy atom. The zero-order valence-electron chi connectivity index (χ0n) is 16.2. The monoisotopic (exact) mass is 385 g/mol. The Bertz CT molecular complexity index is 1220. The molecule has 0 unspecified atom stereocenters. The number of hydrazone groups is 1. The maximum Gasteiger partial charge on any atom is 0.271 e. The summed E-state index contributed by atoms with van der Waals surface area (Å²) in [6.07, 6.45) is 1.63. The van der Waals surface area contributed by atoms with Crippen LogP contribution in [-0.4, -0.2) is 16.7 Å². The van der Waals surface area contributed by atoms with Gasteiger partial charge in [0.2, 0.25) is 0 Å². The average Bonchev–Trinajstić information content (AvgIpc) is 3.01. The number of carbonyl (C=O) groups is 1. The van der Waals surface area contributed by atoms with Gasteiger partial charge in [-0.3, -0.25) is 4.79 Å². The molecule has 4 aromatic rings. The van der Waals surface area contributed by atoms with Gasteiger partial charge in [-0.05, 0) is 55.6 Å². The number of hydrogen-bond acceptors (Lipinski definition) is 2. The third-order valence-corrected chi connectivity index (χ3v) is 4.95. The van der Waals surface area contributed by atoms with E-state index in [9.17, 15) is 9.18 Å². The summed E-state index contributed by atoms with van der Waals surface area (Å²) in [7, 11) is 0. The first-order chi connectivity index (χ1) is 14.0. The first kappa shape index (κ1) is 18.6. The third-order valence-electron chi connectivity index (χ3n) is 4.95. The maximum atomic E-state index is 13.0. The van der Waals surface area contributed by atoms with E-state index in [-0.39, 0.29) is 11.7 Å². The predicted octanol–water partition coefficient (Wildman–Crippen LogP) is 5.15. The van der Waals surface area contributed by atoms with E-state index in [4.69, 9.17) is 0 Å². The molecule has 0 fully saturated rings. The Balaban J connectivity index is 1.61. The normalized spacial score (nSPS) is 11.3. The molecule has 0 saturated carbocycles. The fourth-order valence-electron chi connectivity index (χ4n) is 3.52. The highest BCUT2D eigenvalue weighted by molar-refractivity contribution is 5.95. The molecule has 1 aromatic heterocycles. The van der Waals surface area contributed by atoms with Crippen molar-refractivity contribution < 1.29 is 9.18 Å². The maximum absolute atomic E-state index is 13.0. The Hall–Kier alpha value is -3.73. The van der Waals surface area contributed by atoms with Gasteiger partial charge in [0.05, 0.1) is 11.9 Å². The first-order valence-corrected chi connectivity index (χ1v) is 9.30. The molecule has 0 aliphatic rings. The van der Waals surface area contributed by atoms with E-state index in [0.29, 0.717) is 5.56 Å². The summed E-state index contributed by atoms with van der Waals surface area (Å²) in [6.45, 7) is 4.07. The Labute approximate surface area is 168 Å². The standard InChI is InChI=1S/C24H20FN3O/c1-16-14-20(15-26-27-24(29)19-10-12-21(25)13-11-19)17(2)28(16)23-9-5-7-18-6-3-4-8-22(18)23/h3-15H,1-2H3,(H,27,29)/b26-15-. The van der Waals surface area contributed by atoms with Gasteiger partial charge in [0.1, 0.15) is 5.82 Å². The van der Waals surface area contributed by atoms with E-state index in [1.165, 1.54) is 35.0 Å². The minimum atomic E-state index is -0.385. The van der Waals surface area contributed by atoms with Crippen LogP contribution in [0.15, 0.2) is 77.9 Å². The summed E-state index contributed by atoms with van der Waals surface area (Å²) in [6, 6.07) is 21.9. The van der Waals surface area contributed by atoms with Crippen LogP contribution >= 0.6 is 0 Å². The second-order valence-corrected chi connectivity index (χ2v) is 6.87. The van der Waals surface area contributed by atoms with Crippen molar-refractivity contribution in [2.45, 2.75) is 13.8 Å². The van der Waals surface area contributed by atoms with Gasteiger partial charge in [0, 0.05) is 27.9 Å². The molecule has 1 heterocycles. The van der Waals surface area contributed by atoms with Crippen LogP contribution in [-0.2, 0) is 0 Å². The van der Waals surface area contributed by atoms with Crippen molar-refractivity contribution in [1.29, 1.82) is 0 Å². The van der Waals surface area contributed by atoms with Crippen LogP contribution in [0.5, 0.6) is 0 Å². The van der Waals surface area contributed by atoms with Crippen LogP contribution in [0.4, 0.5) is 4.39 Å². The van der Waals surface area contributed by atoms with Gasteiger partial charge < -0.3 is 4.57 Å². The highest BCUT2D eigenvalue weighted by Crippen LogP contribution is 2.26. The molecule has 0 aliphatic heterocycles. The summed E-state index contributed by atoms with van der Waals surface area (Å²) in [5.41, 5.74) is 6.96. The quantitative estimate of drug-likeness (QED) is 0.383. The van der Waals surface area contributed by atoms with Crippen molar-refractivity contribution in [3.63, 3.8) is 0 Å². The lowest BCUT2D eigenvalue weighted by atomic mass is 10.1. The molecular formula is C24H20FN3O. The predicted molar refractivity (Wildman–Crippen MR) is 114 cm³/mol. The van der Waals surface area contributed by atoms with Crippen molar-refractivity contribution in [2.75, 3.05) is 0 Å². The van der Waals surface area contributed by atoms with Crippen LogP contribution in [0.2, 0.25) is 0 Å². The molecule has 0 atom stereocenters. The highest BCUT2D eigenvalue weighted by Gasteiger charge is 2.12. The topological polar surface area (TPSA) is 46.4 Å². The lowest BCUT2D eigenvalue weighted by Gasteiger charge is -2.12. The van der Waals surface area contributed by atoms with Gasteiger partial charge >= 0.3 is 0 Å². The molecule has 0 bridgehead atoms. The van der Waals surface area contributed by atoms with Crippen molar-refractivity contribution in [3.8, 4) is 5.69 Å². The summed E-state index contributed by atoms with van der Waals surface area (Å²) in [5.74, 6) is -0.768. The van der Waals surface area contributed by atoms with E-state index in [1.807, 2.05) is 38.1 Å². The summed E-state index contributed by atoms with van der Waals surface area (Å²) in [4.78, 5) is 12.1. The van der Waals surface area contributed by atoms with Crippen molar-refractivity contribution >= 4 is 22.9 Å². The van der Waals surface area contributed by atoms with E-state index >= 15 is 0 Å². The average molecular weight is 385 g/mol. The van der Waals surface area contributed by atoms with Gasteiger partial charge in [-0.1, -0.05) is 36.4 Å². The van der Waals surface area contributed by atoms with E-state index in [0.717, 1.165) is 22.6 Å². The molecule has 0 spiro atoms. The van der Waals surface area contributed by atoms with Crippen LogP contribution in [0.25, 0.3) is 16.5 Å². The summed E-state index contributed by atoms with van der Waals surface area (Å²) >= 11 is 0. The van der Waals surface area contributed by atoms with Crippen molar-refractivity contribution in [2.24, 2.45) is 5.10 Å². The third kappa shape index (κ3) is 3.67. The summed E-state index contributed by atoms with van der Waals surface area (Å²) in [5, 5.41) is 6.43. The fourth-order valence-corrected chi connectivity index (χ4v) is 3.52. The van der Waals surface area contributed by atoms with E-state index in [2.05, 4.69) is 39.4 Å². The van der Waals surface area contributed by atoms with Gasteiger partial charge in [0.25, 0.3) is 5.91 Å². The molecule has 0 saturated heterocycles. The second-order valence-electron chi connectivity index (χ2n) is 6.87. The van der Waals surface area contributed by atoms with E-state index in [1.54, 1.807) is 6.21 Å². The molecule has 4 nitrogen and oxygen atoms in total. The first-order valence-electron chi connectivity index (χ1n) is 9.30. The van der Waals surface area contributed by atoms with Crippen LogP contribution in [0, 0.1) is 19.7 Å². The molecule has 29 heavy (non-hydrogen) atoms. The SMILES string of the molecule is Cc1cc(/C=N\NC(=O)c2ccc(F)cc2)c(C)n1-c1cccc2ccccc12. The highest BCUT2D eigenvalue weighted by atomic mass is 19.1. The molecule has 144 valence electrons. The smallest absolute Gasteiger partial charge is 0.271 e. The number of aromatic nitrogens is 1. The van der Waals surface area contributed by atoms with Crippen molar-refractivity contribution in [3.05, 3.63) is 101 Å². The number of amides is 1. The van der Waals surface area contributed by atoms with E-state index < -0.39 is 0 Å². The van der Waals surface area contributed by atoms with Crippen LogP contribution in [0.1, 0.15) is 27.3 Å². The lowest BCUT2D eigenvalue weighted by Crippen LogP contribution is -2.17. The van der Waals surface area contributed by atoms with Gasteiger partial charge in [-0.2, -0.15) is 5.10 Å². The number of fused-ring (bicyclic) bond motifs is 1. The molecule has 3 aromatic carbocycles. The molecule has 0 radical (unpaired) electrons. The number of carbonyl (C=O) groups excluding carboxylic acids is 1. The molecule has 1 N–H and O–H groups in total. The minimum absolute atomic E-state index is 0.352. The number of rotatable bonds is 4. The number of nitrogens with zero attached hydrogens (tertiary/aromatic N) is 2. The van der Waals surface area contributed by atoms with Crippen LogP contribution in [0.3, 0.4) is 0 Å². The van der Waals surface area contributed by atoms with Crippen molar-refractivity contribution in [1.82, 2.24) is 9.99 Å². The molecule has 5 heteroatoms. The number of nitrogens with one attached hydrogen (secondary N) is 1. The van der Waals surface area contributed by atoms with Crippen LogP contribution < -0.4 is 5.43 Å². The Kier molecular flexibility index (Phi) is 4.96. The molecule has 1 amide bonds. The zero-order valence-corrected chi connectivity index (χ0v) is 16.2. The number of benzene rings is 3. The largest absolute Gasteiger partial charge is 0.317 e. The lowest BCUT2D eigenvalue weighted by molar-refractivity contribution is 0.0955. The number of halogens is 1. The molecule has 4 rings (SSSR count). The fraction of sp³-hybridized carbons (Fsp3) is 0.0833. The molecule has 0 aliphatic carbocycles. The summed E-state index contributed by atoms with van der Waals surface area (Å²) < 4.78 is 15.2. The number of aryl methyl sites for hydroxylation is 1. The number of hydrogen-bond donors (Lipinski definition) is 1. The second kappa shape index (κ2) is 7.72. The molecular weight excluding hydrogens is 365 g/mol. The van der Waals surface area contributed by atoms with Gasteiger partial charge in [-0.25, -0.2) is 9.82 Å². The Morgan fingerprint density at radius 2 is 1.72 bits per heavy atom. The van der Waals surface area contributed by atoms with Gasteiger partial charge in [0.15, 0.2) is 0 Å². The minimum Gasteiger partial charge on any atom is -0.317 e.